The Morgan fingerprint density at radius 3 is 2.62 bits per heavy atom. The van der Waals surface area contributed by atoms with E-state index in [0.29, 0.717) is 5.56 Å². The van der Waals surface area contributed by atoms with E-state index in [1.807, 2.05) is 0 Å². The van der Waals surface area contributed by atoms with Gasteiger partial charge < -0.3 is 24.6 Å². The van der Waals surface area contributed by atoms with Crippen LogP contribution in [0.3, 0.4) is 0 Å². The van der Waals surface area contributed by atoms with Crippen molar-refractivity contribution in [1.29, 1.82) is 0 Å². The Balaban J connectivity index is 2.17. The molecule has 0 heterocycles. The highest BCUT2D eigenvalue weighted by molar-refractivity contribution is 5.96. The first-order valence-electron chi connectivity index (χ1n) is 8.27. The summed E-state index contributed by atoms with van der Waals surface area (Å²) in [4.78, 5) is 22.8. The number of nitro groups is 1. The van der Waals surface area contributed by atoms with E-state index in [-0.39, 0.29) is 48.2 Å². The number of methoxy groups -OCH3 is 1. The largest absolute Gasteiger partial charge is 0.493 e. The smallest absolute Gasteiger partial charge is 0.387 e. The van der Waals surface area contributed by atoms with Crippen LogP contribution < -0.4 is 14.8 Å². The quantitative estimate of drug-likeness (QED) is 0.347. The first-order chi connectivity index (χ1) is 13.8. The van der Waals surface area contributed by atoms with Crippen LogP contribution in [-0.4, -0.2) is 42.9 Å². The molecular formula is C18H18F2N2O7. The third-order valence-corrected chi connectivity index (χ3v) is 3.68. The van der Waals surface area contributed by atoms with E-state index < -0.39 is 17.5 Å². The van der Waals surface area contributed by atoms with Gasteiger partial charge in [-0.3, -0.25) is 10.1 Å². The number of alkyl halides is 2. The number of aliphatic hydroxyl groups excluding tert-OH is 1. The van der Waals surface area contributed by atoms with E-state index in [1.165, 1.54) is 37.4 Å². The number of rotatable bonds is 10. The number of carbonyl (C=O) groups is 1. The molecule has 29 heavy (non-hydrogen) atoms. The van der Waals surface area contributed by atoms with Crippen LogP contribution in [0.25, 0.3) is 0 Å². The summed E-state index contributed by atoms with van der Waals surface area (Å²) in [5.74, 6) is -0.993. The molecular weight excluding hydrogens is 394 g/mol. The zero-order valence-corrected chi connectivity index (χ0v) is 15.3. The van der Waals surface area contributed by atoms with Gasteiger partial charge in [-0.15, -0.1) is 0 Å². The van der Waals surface area contributed by atoms with Crippen molar-refractivity contribution < 1.29 is 37.8 Å². The molecule has 2 rings (SSSR count). The molecule has 0 aliphatic rings. The molecule has 0 aromatic heterocycles. The maximum Gasteiger partial charge on any atom is 0.387 e. The number of non-ortho nitro benzene ring substituents is 1. The van der Waals surface area contributed by atoms with Crippen molar-refractivity contribution in [2.24, 2.45) is 0 Å². The lowest BCUT2D eigenvalue weighted by atomic mass is 10.1. The standard InChI is InChI=1S/C18H18F2N2O7/c1-27-16-8-11(2-5-15(16)29-18(19)20)10-28-17(24)13-9-12(22(25)26)3-4-14(13)21-6-7-23/h2-5,8-9,18,21,23H,6-7,10H2,1H3. The van der Waals surface area contributed by atoms with Crippen LogP contribution in [0.5, 0.6) is 11.5 Å². The summed E-state index contributed by atoms with van der Waals surface area (Å²) < 4.78 is 39.2. The predicted octanol–water partition coefficient (Wildman–Crippen LogP) is 2.97. The molecule has 2 aromatic carbocycles. The van der Waals surface area contributed by atoms with E-state index >= 15 is 0 Å². The number of esters is 1. The van der Waals surface area contributed by atoms with Crippen molar-refractivity contribution in [3.05, 3.63) is 57.6 Å². The van der Waals surface area contributed by atoms with Crippen molar-refractivity contribution in [2.45, 2.75) is 13.2 Å². The first kappa shape index (κ1) is 21.8. The lowest BCUT2D eigenvalue weighted by molar-refractivity contribution is -0.384. The molecule has 0 saturated heterocycles. The van der Waals surface area contributed by atoms with Crippen LogP contribution in [0.4, 0.5) is 20.2 Å². The van der Waals surface area contributed by atoms with Crippen LogP contribution in [0, 0.1) is 10.1 Å². The molecule has 2 N–H and O–H groups in total. The summed E-state index contributed by atoms with van der Waals surface area (Å²) in [6.45, 7) is -3.35. The highest BCUT2D eigenvalue weighted by Crippen LogP contribution is 2.30. The van der Waals surface area contributed by atoms with Gasteiger partial charge in [0.15, 0.2) is 11.5 Å². The van der Waals surface area contributed by atoms with Gasteiger partial charge in [-0.05, 0) is 23.8 Å². The van der Waals surface area contributed by atoms with E-state index in [9.17, 15) is 23.7 Å². The fraction of sp³-hybridized carbons (Fsp3) is 0.278. The number of nitrogens with one attached hydrogen (secondary N) is 1. The van der Waals surface area contributed by atoms with Crippen LogP contribution in [-0.2, 0) is 11.3 Å². The summed E-state index contributed by atoms with van der Waals surface area (Å²) in [5.41, 5.74) is 0.291. The van der Waals surface area contributed by atoms with E-state index in [0.717, 1.165) is 6.07 Å². The summed E-state index contributed by atoms with van der Waals surface area (Å²) in [5, 5.41) is 22.7. The number of halogens is 2. The topological polar surface area (TPSA) is 120 Å². The lowest BCUT2D eigenvalue weighted by Gasteiger charge is -2.13. The number of ether oxygens (including phenoxy) is 3. The first-order valence-corrected chi connectivity index (χ1v) is 8.27. The van der Waals surface area contributed by atoms with E-state index in [2.05, 4.69) is 10.1 Å². The number of nitro benzene ring substituents is 1. The zero-order chi connectivity index (χ0) is 21.4. The maximum atomic E-state index is 12.4. The van der Waals surface area contributed by atoms with Crippen molar-refractivity contribution in [2.75, 3.05) is 25.6 Å². The Morgan fingerprint density at radius 1 is 1.24 bits per heavy atom. The molecule has 0 atom stereocenters. The van der Waals surface area contributed by atoms with Crippen LogP contribution >= 0.6 is 0 Å². The van der Waals surface area contributed by atoms with Gasteiger partial charge in [0.2, 0.25) is 0 Å². The zero-order valence-electron chi connectivity index (χ0n) is 15.3. The minimum Gasteiger partial charge on any atom is -0.493 e. The average molecular weight is 412 g/mol. The summed E-state index contributed by atoms with van der Waals surface area (Å²) in [6.07, 6.45) is 0. The average Bonchev–Trinajstić information content (AvgIpc) is 2.70. The summed E-state index contributed by atoms with van der Waals surface area (Å²) in [7, 11) is 1.27. The van der Waals surface area contributed by atoms with Gasteiger partial charge in [0, 0.05) is 24.4 Å². The highest BCUT2D eigenvalue weighted by Gasteiger charge is 2.19. The second kappa shape index (κ2) is 10.2. The lowest BCUT2D eigenvalue weighted by Crippen LogP contribution is -2.13. The Labute approximate surface area is 164 Å². The number of carbonyl (C=O) groups excluding carboxylic acids is 1. The van der Waals surface area contributed by atoms with E-state index in [4.69, 9.17) is 14.6 Å². The van der Waals surface area contributed by atoms with Gasteiger partial charge in [-0.1, -0.05) is 6.07 Å². The van der Waals surface area contributed by atoms with Crippen molar-refractivity contribution >= 4 is 17.3 Å². The molecule has 2 aromatic rings. The number of anilines is 1. The number of hydrogen-bond acceptors (Lipinski definition) is 8. The Bertz CT molecular complexity index is 877. The van der Waals surface area contributed by atoms with Gasteiger partial charge in [-0.2, -0.15) is 8.78 Å². The number of nitrogens with zero attached hydrogens (tertiary/aromatic N) is 1. The fourth-order valence-electron chi connectivity index (χ4n) is 2.38. The molecule has 0 unspecified atom stereocenters. The van der Waals surface area contributed by atoms with Crippen LogP contribution in [0.2, 0.25) is 0 Å². The molecule has 0 aliphatic heterocycles. The SMILES string of the molecule is COc1cc(COC(=O)c2cc([N+](=O)[O-])ccc2NCCO)ccc1OC(F)F. The molecule has 0 aliphatic carbocycles. The van der Waals surface area contributed by atoms with Gasteiger partial charge in [-0.25, -0.2) is 4.79 Å². The summed E-state index contributed by atoms with van der Waals surface area (Å²) in [6, 6.07) is 7.63. The number of hydrogen-bond donors (Lipinski definition) is 2. The van der Waals surface area contributed by atoms with Crippen LogP contribution in [0.15, 0.2) is 36.4 Å². The molecule has 0 spiro atoms. The van der Waals surface area contributed by atoms with Crippen molar-refractivity contribution in [1.82, 2.24) is 0 Å². The maximum absolute atomic E-state index is 12.4. The second-order valence-electron chi connectivity index (χ2n) is 5.58. The molecule has 156 valence electrons. The van der Waals surface area contributed by atoms with Gasteiger partial charge in [0.1, 0.15) is 6.61 Å². The minimum atomic E-state index is -3.02. The Hall–Kier alpha value is -3.47. The molecule has 11 heteroatoms. The van der Waals surface area contributed by atoms with Gasteiger partial charge in [0.25, 0.3) is 5.69 Å². The minimum absolute atomic E-state index is 0.0273. The third kappa shape index (κ3) is 6.01. The fourth-order valence-corrected chi connectivity index (χ4v) is 2.38. The normalized spacial score (nSPS) is 10.5. The second-order valence-corrected chi connectivity index (χ2v) is 5.58. The van der Waals surface area contributed by atoms with Crippen molar-refractivity contribution in [3.63, 3.8) is 0 Å². The molecule has 0 saturated carbocycles. The number of benzene rings is 2. The highest BCUT2D eigenvalue weighted by atomic mass is 19.3. The molecule has 0 bridgehead atoms. The van der Waals surface area contributed by atoms with Gasteiger partial charge >= 0.3 is 12.6 Å². The molecule has 9 nitrogen and oxygen atoms in total. The Kier molecular flexibility index (Phi) is 7.66. The molecule has 0 amide bonds. The monoisotopic (exact) mass is 412 g/mol. The van der Waals surface area contributed by atoms with Crippen molar-refractivity contribution in [3.8, 4) is 11.5 Å². The summed E-state index contributed by atoms with van der Waals surface area (Å²) >= 11 is 0. The van der Waals surface area contributed by atoms with Gasteiger partial charge in [0.05, 0.1) is 24.2 Å². The van der Waals surface area contributed by atoms with E-state index in [1.54, 1.807) is 0 Å². The predicted molar refractivity (Wildman–Crippen MR) is 97.4 cm³/mol. The number of aliphatic hydroxyl groups is 1. The van der Waals surface area contributed by atoms with Crippen LogP contribution in [0.1, 0.15) is 15.9 Å². The molecule has 0 radical (unpaired) electrons. The molecule has 0 fully saturated rings. The third-order valence-electron chi connectivity index (χ3n) is 3.68. The Morgan fingerprint density at radius 2 is 2.00 bits per heavy atom.